The van der Waals surface area contributed by atoms with Crippen molar-refractivity contribution in [2.45, 2.75) is 19.9 Å². The molecule has 4 heteroatoms. The Morgan fingerprint density at radius 1 is 1.18 bits per heavy atom. The minimum Gasteiger partial charge on any atom is -0.404 e. The lowest BCUT2D eigenvalue weighted by molar-refractivity contribution is -0.124. The van der Waals surface area contributed by atoms with Crippen LogP contribution < -0.4 is 0 Å². The Balaban J connectivity index is 2.28. The number of benzene rings is 1. The van der Waals surface area contributed by atoms with E-state index in [4.69, 9.17) is 4.74 Å². The minimum atomic E-state index is -0.604. The maximum absolute atomic E-state index is 11.9. The third-order valence-electron chi connectivity index (χ3n) is 2.44. The van der Waals surface area contributed by atoms with Crippen LogP contribution in [0.25, 0.3) is 6.08 Å². The molecule has 1 saturated heterocycles. The largest absolute Gasteiger partial charge is 0.422 e. The first kappa shape index (κ1) is 11.4. The van der Waals surface area contributed by atoms with Gasteiger partial charge in [-0.15, -0.1) is 0 Å². The number of rotatable bonds is 2. The van der Waals surface area contributed by atoms with E-state index in [9.17, 15) is 9.59 Å². The van der Waals surface area contributed by atoms with Gasteiger partial charge in [0.05, 0.1) is 0 Å². The summed E-state index contributed by atoms with van der Waals surface area (Å²) < 4.78 is 4.95. The molecule has 17 heavy (non-hydrogen) atoms. The highest BCUT2D eigenvalue weighted by Crippen LogP contribution is 2.21. The lowest BCUT2D eigenvalue weighted by Gasteiger charge is -2.13. The summed E-state index contributed by atoms with van der Waals surface area (Å²) in [5, 5.41) is 0. The Labute approximate surface area is 99.5 Å². The maximum Gasteiger partial charge on any atom is 0.422 e. The molecule has 0 bridgehead atoms. The Kier molecular flexibility index (Phi) is 2.95. The van der Waals surface area contributed by atoms with Crippen molar-refractivity contribution in [3.63, 3.8) is 0 Å². The lowest BCUT2D eigenvalue weighted by Crippen LogP contribution is -2.35. The van der Waals surface area contributed by atoms with Crippen LogP contribution >= 0.6 is 0 Å². The van der Waals surface area contributed by atoms with Gasteiger partial charge in [-0.3, -0.25) is 4.79 Å². The standard InChI is InChI=1S/C13H13NO3/c1-9(2)14-12(15)11(17-13(14)16)8-10-6-4-3-5-7-10/h3-9H,1-2H3/b11-8-. The molecular weight excluding hydrogens is 218 g/mol. The molecule has 88 valence electrons. The number of ether oxygens (including phenoxy) is 1. The predicted octanol–water partition coefficient (Wildman–Crippen LogP) is 2.41. The molecule has 2 rings (SSSR count). The molecule has 1 heterocycles. The van der Waals surface area contributed by atoms with Crippen LogP contribution in [0.3, 0.4) is 0 Å². The third-order valence-corrected chi connectivity index (χ3v) is 2.44. The summed E-state index contributed by atoms with van der Waals surface area (Å²) in [6, 6.07) is 9.07. The van der Waals surface area contributed by atoms with E-state index in [2.05, 4.69) is 0 Å². The molecule has 1 aromatic carbocycles. The molecule has 4 nitrogen and oxygen atoms in total. The average molecular weight is 231 g/mol. The van der Waals surface area contributed by atoms with Gasteiger partial charge in [0.2, 0.25) is 0 Å². The second-order valence-corrected chi connectivity index (χ2v) is 4.06. The second kappa shape index (κ2) is 4.41. The molecule has 0 N–H and O–H groups in total. The number of hydrogen-bond donors (Lipinski definition) is 0. The van der Waals surface area contributed by atoms with E-state index in [1.165, 1.54) is 0 Å². The molecule has 1 aliphatic heterocycles. The highest BCUT2D eigenvalue weighted by Gasteiger charge is 2.38. The first-order chi connectivity index (χ1) is 8.09. The smallest absolute Gasteiger partial charge is 0.404 e. The topological polar surface area (TPSA) is 46.6 Å². The molecule has 0 aliphatic carbocycles. The van der Waals surface area contributed by atoms with E-state index < -0.39 is 6.09 Å². The van der Waals surface area contributed by atoms with Gasteiger partial charge in [-0.1, -0.05) is 30.3 Å². The summed E-state index contributed by atoms with van der Waals surface area (Å²) in [5.41, 5.74) is 0.828. The van der Waals surface area contributed by atoms with E-state index in [1.807, 2.05) is 30.3 Å². The van der Waals surface area contributed by atoms with E-state index in [0.29, 0.717) is 0 Å². The molecule has 0 aromatic heterocycles. The van der Waals surface area contributed by atoms with Gasteiger partial charge < -0.3 is 4.74 Å². The average Bonchev–Trinajstić information content (AvgIpc) is 2.55. The number of imide groups is 1. The van der Waals surface area contributed by atoms with Gasteiger partial charge in [-0.25, -0.2) is 9.69 Å². The van der Waals surface area contributed by atoms with Crippen molar-refractivity contribution in [1.82, 2.24) is 4.90 Å². The summed E-state index contributed by atoms with van der Waals surface area (Å²) >= 11 is 0. The summed E-state index contributed by atoms with van der Waals surface area (Å²) in [4.78, 5) is 24.4. The van der Waals surface area contributed by atoms with Crippen molar-refractivity contribution in [3.8, 4) is 0 Å². The first-order valence-corrected chi connectivity index (χ1v) is 5.41. The zero-order chi connectivity index (χ0) is 12.4. The fourth-order valence-electron chi connectivity index (χ4n) is 1.63. The quantitative estimate of drug-likeness (QED) is 0.734. The van der Waals surface area contributed by atoms with Gasteiger partial charge in [0.25, 0.3) is 5.91 Å². The van der Waals surface area contributed by atoms with Crippen LogP contribution in [-0.2, 0) is 9.53 Å². The minimum absolute atomic E-state index is 0.0786. The monoisotopic (exact) mass is 231 g/mol. The Morgan fingerprint density at radius 2 is 1.82 bits per heavy atom. The predicted molar refractivity (Wildman–Crippen MR) is 62.9 cm³/mol. The molecule has 0 unspecified atom stereocenters. The number of nitrogens with zero attached hydrogens (tertiary/aromatic N) is 1. The van der Waals surface area contributed by atoms with Crippen molar-refractivity contribution >= 4 is 18.1 Å². The number of amides is 2. The number of cyclic esters (lactones) is 1. The summed E-state index contributed by atoms with van der Waals surface area (Å²) in [5.74, 6) is -0.302. The van der Waals surface area contributed by atoms with Gasteiger partial charge in [0.1, 0.15) is 0 Å². The van der Waals surface area contributed by atoms with Gasteiger partial charge in [0.15, 0.2) is 5.76 Å². The van der Waals surface area contributed by atoms with Gasteiger partial charge >= 0.3 is 6.09 Å². The Hall–Kier alpha value is -2.10. The summed E-state index contributed by atoms with van der Waals surface area (Å²) in [7, 11) is 0. The number of hydrogen-bond acceptors (Lipinski definition) is 3. The zero-order valence-corrected chi connectivity index (χ0v) is 9.71. The van der Waals surface area contributed by atoms with Gasteiger partial charge in [-0.2, -0.15) is 0 Å². The normalized spacial score (nSPS) is 18.1. The fraction of sp³-hybridized carbons (Fsp3) is 0.231. The second-order valence-electron chi connectivity index (χ2n) is 4.06. The number of carbonyl (C=O) groups excluding carboxylic acids is 2. The van der Waals surface area contributed by atoms with Crippen LogP contribution in [0.1, 0.15) is 19.4 Å². The fourth-order valence-corrected chi connectivity index (χ4v) is 1.63. The van der Waals surface area contributed by atoms with Crippen LogP contribution in [0.4, 0.5) is 4.79 Å². The van der Waals surface area contributed by atoms with Gasteiger partial charge in [0, 0.05) is 6.04 Å². The van der Waals surface area contributed by atoms with Crippen molar-refractivity contribution in [1.29, 1.82) is 0 Å². The highest BCUT2D eigenvalue weighted by molar-refractivity contribution is 6.10. The molecule has 1 aromatic rings. The summed E-state index contributed by atoms with van der Waals surface area (Å²) in [6.45, 7) is 3.54. The van der Waals surface area contributed by atoms with E-state index in [0.717, 1.165) is 10.5 Å². The van der Waals surface area contributed by atoms with Crippen LogP contribution in [-0.4, -0.2) is 22.9 Å². The van der Waals surface area contributed by atoms with Crippen molar-refractivity contribution in [2.24, 2.45) is 0 Å². The Morgan fingerprint density at radius 3 is 2.35 bits per heavy atom. The SMILES string of the molecule is CC(C)N1C(=O)O/C(=C\c2ccccc2)C1=O. The molecular formula is C13H13NO3. The van der Waals surface area contributed by atoms with Crippen LogP contribution in [0.15, 0.2) is 36.1 Å². The van der Waals surface area contributed by atoms with E-state index in [1.54, 1.807) is 19.9 Å². The highest BCUT2D eigenvalue weighted by atomic mass is 16.6. The molecule has 0 spiro atoms. The molecule has 0 saturated carbocycles. The van der Waals surface area contributed by atoms with Crippen molar-refractivity contribution in [3.05, 3.63) is 41.7 Å². The van der Waals surface area contributed by atoms with E-state index in [-0.39, 0.29) is 17.7 Å². The lowest BCUT2D eigenvalue weighted by atomic mass is 10.2. The third kappa shape index (κ3) is 2.20. The zero-order valence-electron chi connectivity index (χ0n) is 9.71. The number of carbonyl (C=O) groups is 2. The van der Waals surface area contributed by atoms with Gasteiger partial charge in [-0.05, 0) is 25.5 Å². The van der Waals surface area contributed by atoms with Crippen LogP contribution in [0, 0.1) is 0 Å². The summed E-state index contributed by atoms with van der Waals surface area (Å²) in [6.07, 6.45) is 0.968. The van der Waals surface area contributed by atoms with Crippen LogP contribution in [0.2, 0.25) is 0 Å². The molecule has 0 atom stereocenters. The molecule has 0 radical (unpaired) electrons. The molecule has 1 fully saturated rings. The van der Waals surface area contributed by atoms with Crippen molar-refractivity contribution < 1.29 is 14.3 Å². The molecule has 1 aliphatic rings. The molecule has 2 amide bonds. The Bertz CT molecular complexity index is 477. The van der Waals surface area contributed by atoms with Crippen LogP contribution in [0.5, 0.6) is 0 Å². The first-order valence-electron chi connectivity index (χ1n) is 5.41. The van der Waals surface area contributed by atoms with E-state index >= 15 is 0 Å². The van der Waals surface area contributed by atoms with Crippen molar-refractivity contribution in [2.75, 3.05) is 0 Å². The maximum atomic E-state index is 11.9.